The second kappa shape index (κ2) is 20.0. The van der Waals surface area contributed by atoms with E-state index < -0.39 is 5.97 Å². The number of aromatic hydroxyl groups is 2. The van der Waals surface area contributed by atoms with Gasteiger partial charge in [0.2, 0.25) is 0 Å². The molecule has 0 aliphatic carbocycles. The summed E-state index contributed by atoms with van der Waals surface area (Å²) in [6, 6.07) is 5.85. The minimum Gasteiger partial charge on any atom is -0.508 e. The van der Waals surface area contributed by atoms with Crippen molar-refractivity contribution in [3.05, 3.63) is 24.3 Å². The molecule has 0 amide bonds. The summed E-state index contributed by atoms with van der Waals surface area (Å²) in [4.78, 5) is 10.3. The molecule has 0 bridgehead atoms. The zero-order valence-electron chi connectivity index (χ0n) is 17.9. The SMILES string of the molecule is CCCCCCCCCCCCCCCCCC(=O)O.Oc1cccc(O)c1. The molecule has 4 heteroatoms. The van der Waals surface area contributed by atoms with Crippen LogP contribution in [-0.4, -0.2) is 21.3 Å². The Bertz CT molecular complexity index is 456. The first kappa shape index (κ1) is 26.3. The van der Waals surface area contributed by atoms with Crippen LogP contribution in [0, 0.1) is 0 Å². The van der Waals surface area contributed by atoms with Gasteiger partial charge in [-0.2, -0.15) is 0 Å². The smallest absolute Gasteiger partial charge is 0.303 e. The van der Waals surface area contributed by atoms with Crippen LogP contribution in [0.1, 0.15) is 110 Å². The predicted octanol–water partition coefficient (Wildman–Crippen LogP) is 7.43. The van der Waals surface area contributed by atoms with Crippen molar-refractivity contribution in [1.82, 2.24) is 0 Å². The predicted molar refractivity (Wildman–Crippen MR) is 117 cm³/mol. The molecule has 0 atom stereocenters. The van der Waals surface area contributed by atoms with E-state index in [0.29, 0.717) is 6.42 Å². The molecule has 0 aromatic heterocycles. The van der Waals surface area contributed by atoms with Crippen LogP contribution in [0.25, 0.3) is 0 Å². The fourth-order valence-electron chi connectivity index (χ4n) is 3.14. The Hall–Kier alpha value is -1.71. The Morgan fingerprint density at radius 3 is 1.32 bits per heavy atom. The molecule has 0 unspecified atom stereocenters. The van der Waals surface area contributed by atoms with Gasteiger partial charge in [-0.25, -0.2) is 0 Å². The number of unbranched alkanes of at least 4 members (excludes halogenated alkanes) is 14. The van der Waals surface area contributed by atoms with E-state index in [1.165, 1.54) is 102 Å². The molecule has 0 aliphatic rings. The molecule has 0 spiro atoms. The lowest BCUT2D eigenvalue weighted by Crippen LogP contribution is -1.93. The van der Waals surface area contributed by atoms with Crippen LogP contribution < -0.4 is 0 Å². The third-order valence-electron chi connectivity index (χ3n) is 4.82. The first-order valence-electron chi connectivity index (χ1n) is 11.3. The fourth-order valence-corrected chi connectivity index (χ4v) is 3.14. The van der Waals surface area contributed by atoms with Crippen LogP contribution in [0.15, 0.2) is 24.3 Å². The van der Waals surface area contributed by atoms with Gasteiger partial charge in [0.05, 0.1) is 0 Å². The summed E-state index contributed by atoms with van der Waals surface area (Å²) < 4.78 is 0. The largest absolute Gasteiger partial charge is 0.508 e. The van der Waals surface area contributed by atoms with Crippen LogP contribution in [0.5, 0.6) is 11.5 Å². The highest BCUT2D eigenvalue weighted by Crippen LogP contribution is 2.15. The van der Waals surface area contributed by atoms with E-state index in [9.17, 15) is 4.79 Å². The van der Waals surface area contributed by atoms with Crippen molar-refractivity contribution in [3.63, 3.8) is 0 Å². The lowest BCUT2D eigenvalue weighted by Gasteiger charge is -2.03. The summed E-state index contributed by atoms with van der Waals surface area (Å²) in [5, 5.41) is 25.8. The van der Waals surface area contributed by atoms with E-state index in [-0.39, 0.29) is 11.5 Å². The van der Waals surface area contributed by atoms with Gasteiger partial charge in [-0.1, -0.05) is 103 Å². The Balaban J connectivity index is 0.000000749. The Labute approximate surface area is 172 Å². The number of carboxylic acid groups (broad SMARTS) is 1. The summed E-state index contributed by atoms with van der Waals surface area (Å²) in [5.41, 5.74) is 0. The van der Waals surface area contributed by atoms with Crippen LogP contribution in [0.2, 0.25) is 0 Å². The highest BCUT2D eigenvalue weighted by atomic mass is 16.4. The van der Waals surface area contributed by atoms with Gasteiger partial charge in [0, 0.05) is 12.5 Å². The van der Waals surface area contributed by atoms with Crippen LogP contribution >= 0.6 is 0 Å². The minimum absolute atomic E-state index is 0.0880. The van der Waals surface area contributed by atoms with Gasteiger partial charge in [0.25, 0.3) is 0 Å². The summed E-state index contributed by atoms with van der Waals surface area (Å²) in [6.45, 7) is 2.27. The number of phenols is 2. The fraction of sp³-hybridized carbons (Fsp3) is 0.708. The van der Waals surface area contributed by atoms with Gasteiger partial charge in [-0.15, -0.1) is 0 Å². The first-order valence-corrected chi connectivity index (χ1v) is 11.3. The van der Waals surface area contributed by atoms with Crippen molar-refractivity contribution in [1.29, 1.82) is 0 Å². The number of benzene rings is 1. The number of carboxylic acids is 1. The molecule has 0 saturated carbocycles. The molecular weight excluding hydrogens is 352 g/mol. The van der Waals surface area contributed by atoms with Gasteiger partial charge in [-0.3, -0.25) is 4.79 Å². The topological polar surface area (TPSA) is 77.8 Å². The Morgan fingerprint density at radius 2 is 1.04 bits per heavy atom. The van der Waals surface area contributed by atoms with Crippen molar-refractivity contribution in [3.8, 4) is 11.5 Å². The number of carbonyl (C=O) groups is 1. The lowest BCUT2D eigenvalue weighted by molar-refractivity contribution is -0.137. The number of aliphatic carboxylic acids is 1. The van der Waals surface area contributed by atoms with Gasteiger partial charge >= 0.3 is 5.97 Å². The zero-order valence-corrected chi connectivity index (χ0v) is 17.9. The molecule has 0 radical (unpaired) electrons. The van der Waals surface area contributed by atoms with Crippen LogP contribution in [0.3, 0.4) is 0 Å². The summed E-state index contributed by atoms with van der Waals surface area (Å²) in [7, 11) is 0. The average Bonchev–Trinajstić information content (AvgIpc) is 2.65. The maximum absolute atomic E-state index is 10.3. The summed E-state index contributed by atoms with van der Waals surface area (Å²) in [6.07, 6.45) is 20.2. The maximum Gasteiger partial charge on any atom is 0.303 e. The minimum atomic E-state index is -0.653. The molecule has 0 saturated heterocycles. The zero-order chi connectivity index (χ0) is 20.9. The van der Waals surface area contributed by atoms with Crippen LogP contribution in [0.4, 0.5) is 0 Å². The molecule has 4 nitrogen and oxygen atoms in total. The molecule has 1 rings (SSSR count). The van der Waals surface area contributed by atoms with Crippen LogP contribution in [-0.2, 0) is 4.79 Å². The molecule has 3 N–H and O–H groups in total. The third-order valence-corrected chi connectivity index (χ3v) is 4.82. The van der Waals surface area contributed by atoms with Crippen molar-refractivity contribution in [2.24, 2.45) is 0 Å². The molecule has 1 aromatic carbocycles. The number of hydrogen-bond acceptors (Lipinski definition) is 3. The highest BCUT2D eigenvalue weighted by molar-refractivity contribution is 5.66. The van der Waals surface area contributed by atoms with Crippen molar-refractivity contribution < 1.29 is 20.1 Å². The highest BCUT2D eigenvalue weighted by Gasteiger charge is 1.97. The van der Waals surface area contributed by atoms with E-state index >= 15 is 0 Å². The van der Waals surface area contributed by atoms with Crippen molar-refractivity contribution in [2.45, 2.75) is 110 Å². The van der Waals surface area contributed by atoms with Gasteiger partial charge in [-0.05, 0) is 18.6 Å². The first-order chi connectivity index (χ1) is 13.6. The number of rotatable bonds is 16. The van der Waals surface area contributed by atoms with Gasteiger partial charge < -0.3 is 15.3 Å². The molecule has 28 heavy (non-hydrogen) atoms. The van der Waals surface area contributed by atoms with E-state index in [4.69, 9.17) is 15.3 Å². The lowest BCUT2D eigenvalue weighted by atomic mass is 10.0. The quantitative estimate of drug-likeness (QED) is 0.255. The molecule has 1 aromatic rings. The molecule has 0 heterocycles. The summed E-state index contributed by atoms with van der Waals surface area (Å²) in [5.74, 6) is -0.477. The summed E-state index contributed by atoms with van der Waals surface area (Å²) >= 11 is 0. The second-order valence-electron chi connectivity index (χ2n) is 7.61. The maximum atomic E-state index is 10.3. The van der Waals surface area contributed by atoms with E-state index in [0.717, 1.165) is 12.8 Å². The second-order valence-corrected chi connectivity index (χ2v) is 7.61. The van der Waals surface area contributed by atoms with Gasteiger partial charge in [0.1, 0.15) is 11.5 Å². The third kappa shape index (κ3) is 20.6. The van der Waals surface area contributed by atoms with E-state index in [2.05, 4.69) is 6.92 Å². The molecule has 162 valence electrons. The molecule has 0 fully saturated rings. The molecule has 0 aliphatic heterocycles. The normalized spacial score (nSPS) is 10.3. The standard InChI is InChI=1S/C18H36O2.C6H6O2/c1-2-3-4-5-6-7-8-9-10-11-12-13-14-15-16-17-18(19)20;7-5-2-1-3-6(8)4-5/h2-17H2,1H3,(H,19,20);1-4,7-8H. The monoisotopic (exact) mass is 394 g/mol. The van der Waals surface area contributed by atoms with E-state index in [1.807, 2.05) is 0 Å². The van der Waals surface area contributed by atoms with Crippen molar-refractivity contribution in [2.75, 3.05) is 0 Å². The van der Waals surface area contributed by atoms with Crippen molar-refractivity contribution >= 4 is 5.97 Å². The Morgan fingerprint density at radius 1 is 0.679 bits per heavy atom. The molecular formula is C24H42O4. The van der Waals surface area contributed by atoms with E-state index in [1.54, 1.807) is 6.07 Å². The average molecular weight is 395 g/mol. The Kier molecular flexibility index (Phi) is 18.8. The van der Waals surface area contributed by atoms with Gasteiger partial charge in [0.15, 0.2) is 0 Å². The number of phenolic OH excluding ortho intramolecular Hbond substituents is 2. The number of hydrogen-bond donors (Lipinski definition) is 3.